The van der Waals surface area contributed by atoms with E-state index in [0.717, 1.165) is 27.3 Å². The first kappa shape index (κ1) is 18.1. The third-order valence-corrected chi connectivity index (χ3v) is 4.68. The van der Waals surface area contributed by atoms with Gasteiger partial charge in [-0.25, -0.2) is 9.37 Å². The number of esters is 1. The summed E-state index contributed by atoms with van der Waals surface area (Å²) in [6.45, 7) is 3.15. The first-order chi connectivity index (χ1) is 12.5. The van der Waals surface area contributed by atoms with Crippen molar-refractivity contribution < 1.29 is 13.9 Å². The molecule has 3 rings (SSSR count). The van der Waals surface area contributed by atoms with E-state index >= 15 is 0 Å². The number of rotatable bonds is 4. The van der Waals surface area contributed by atoms with Crippen molar-refractivity contribution >= 4 is 17.7 Å². The highest BCUT2D eigenvalue weighted by atomic mass is 32.2. The molecule has 5 heteroatoms. The molecule has 0 radical (unpaired) electrons. The number of thioether (sulfide) groups is 1. The average molecular weight is 367 g/mol. The Labute approximate surface area is 156 Å². The topological polar surface area (TPSA) is 39.2 Å². The van der Waals surface area contributed by atoms with Gasteiger partial charge in [-0.1, -0.05) is 24.3 Å². The molecule has 0 aliphatic carbocycles. The van der Waals surface area contributed by atoms with Gasteiger partial charge < -0.3 is 4.74 Å². The van der Waals surface area contributed by atoms with Crippen LogP contribution in [0.25, 0.3) is 22.4 Å². The zero-order valence-corrected chi connectivity index (χ0v) is 15.6. The Morgan fingerprint density at radius 2 is 1.65 bits per heavy atom. The van der Waals surface area contributed by atoms with Gasteiger partial charge >= 0.3 is 5.97 Å². The Balaban J connectivity index is 2.18. The molecule has 132 valence electrons. The van der Waals surface area contributed by atoms with Crippen LogP contribution in [0.1, 0.15) is 12.6 Å². The minimum atomic E-state index is -0.406. The molecule has 0 aliphatic rings. The van der Waals surface area contributed by atoms with Crippen LogP contribution in [0.5, 0.6) is 5.75 Å². The second-order valence-corrected chi connectivity index (χ2v) is 6.68. The van der Waals surface area contributed by atoms with E-state index in [1.54, 1.807) is 36.9 Å². The maximum Gasteiger partial charge on any atom is 0.308 e. The summed E-state index contributed by atoms with van der Waals surface area (Å²) in [4.78, 5) is 17.2. The van der Waals surface area contributed by atoms with Crippen molar-refractivity contribution in [1.82, 2.24) is 4.98 Å². The molecule has 0 bridgehead atoms. The number of hydrogen-bond donors (Lipinski definition) is 0. The molecule has 0 atom stereocenters. The second-order valence-electron chi connectivity index (χ2n) is 5.80. The molecular weight excluding hydrogens is 349 g/mol. The van der Waals surface area contributed by atoms with Crippen LogP contribution in [-0.4, -0.2) is 17.2 Å². The van der Waals surface area contributed by atoms with E-state index in [0.29, 0.717) is 11.4 Å². The molecule has 3 nitrogen and oxygen atoms in total. The summed E-state index contributed by atoms with van der Waals surface area (Å²) in [7, 11) is 0. The molecule has 1 heterocycles. The molecule has 0 aliphatic heterocycles. The zero-order valence-electron chi connectivity index (χ0n) is 14.7. The van der Waals surface area contributed by atoms with Gasteiger partial charge in [-0.2, -0.15) is 0 Å². The van der Waals surface area contributed by atoms with E-state index in [9.17, 15) is 9.18 Å². The van der Waals surface area contributed by atoms with Crippen molar-refractivity contribution in [2.45, 2.75) is 18.7 Å². The number of aryl methyl sites for hydroxylation is 1. The maximum absolute atomic E-state index is 13.3. The quantitative estimate of drug-likeness (QED) is 0.450. The predicted molar refractivity (Wildman–Crippen MR) is 103 cm³/mol. The Kier molecular flexibility index (Phi) is 5.38. The van der Waals surface area contributed by atoms with Gasteiger partial charge in [-0.3, -0.25) is 4.79 Å². The Morgan fingerprint density at radius 3 is 2.23 bits per heavy atom. The molecule has 0 unspecified atom stereocenters. The molecule has 26 heavy (non-hydrogen) atoms. The summed E-state index contributed by atoms with van der Waals surface area (Å²) in [5.74, 6) is -0.307. The van der Waals surface area contributed by atoms with E-state index in [1.165, 1.54) is 19.1 Å². The van der Waals surface area contributed by atoms with Crippen molar-refractivity contribution in [1.29, 1.82) is 0 Å². The maximum atomic E-state index is 13.3. The highest BCUT2D eigenvalue weighted by Crippen LogP contribution is 2.35. The van der Waals surface area contributed by atoms with Crippen LogP contribution < -0.4 is 4.74 Å². The number of carbonyl (C=O) groups is 1. The highest BCUT2D eigenvalue weighted by Gasteiger charge is 2.15. The van der Waals surface area contributed by atoms with Gasteiger partial charge in [0.2, 0.25) is 0 Å². The summed E-state index contributed by atoms with van der Waals surface area (Å²) < 4.78 is 18.6. The van der Waals surface area contributed by atoms with Crippen LogP contribution in [0.15, 0.2) is 59.5 Å². The third-order valence-electron chi connectivity index (χ3n) is 3.94. The minimum absolute atomic E-state index is 0.306. The molecular formula is C21H18FNO2S. The van der Waals surface area contributed by atoms with Crippen LogP contribution in [0.4, 0.5) is 4.39 Å². The number of carbonyl (C=O) groups excluding carboxylic acids is 1. The highest BCUT2D eigenvalue weighted by molar-refractivity contribution is 7.98. The SMILES string of the molecule is CSc1ccc(-c2nc(C)c(OC(C)=O)cc2-c2ccc(F)cc2)cc1. The van der Waals surface area contributed by atoms with Gasteiger partial charge in [-0.15, -0.1) is 11.8 Å². The number of ether oxygens (including phenoxy) is 1. The summed E-state index contributed by atoms with van der Waals surface area (Å²) in [6.07, 6.45) is 2.02. The van der Waals surface area contributed by atoms with Crippen molar-refractivity contribution in [2.75, 3.05) is 6.26 Å². The van der Waals surface area contributed by atoms with Gasteiger partial charge in [0.15, 0.2) is 5.75 Å². The Morgan fingerprint density at radius 1 is 1.04 bits per heavy atom. The molecule has 0 spiro atoms. The lowest BCUT2D eigenvalue weighted by Gasteiger charge is -2.14. The van der Waals surface area contributed by atoms with Crippen LogP contribution in [-0.2, 0) is 4.79 Å². The molecule has 2 aromatic carbocycles. The largest absolute Gasteiger partial charge is 0.425 e. The number of aromatic nitrogens is 1. The number of halogens is 1. The lowest BCUT2D eigenvalue weighted by atomic mass is 9.98. The number of nitrogens with zero attached hydrogens (tertiary/aromatic N) is 1. The van der Waals surface area contributed by atoms with E-state index in [4.69, 9.17) is 4.74 Å². The average Bonchev–Trinajstić information content (AvgIpc) is 2.63. The van der Waals surface area contributed by atoms with Gasteiger partial charge in [0.05, 0.1) is 11.4 Å². The van der Waals surface area contributed by atoms with Gasteiger partial charge in [-0.05, 0) is 49.1 Å². The van der Waals surface area contributed by atoms with Crippen LogP contribution in [0, 0.1) is 12.7 Å². The predicted octanol–water partition coefficient (Wildman–Crippen LogP) is 5.51. The molecule has 0 saturated carbocycles. The van der Waals surface area contributed by atoms with Crippen LogP contribution in [0.3, 0.4) is 0 Å². The van der Waals surface area contributed by atoms with Crippen molar-refractivity contribution in [3.05, 3.63) is 66.1 Å². The first-order valence-corrected chi connectivity index (χ1v) is 9.31. The molecule has 3 aromatic rings. The standard InChI is InChI=1S/C21H18FNO2S/c1-13-20(25-14(2)24)12-19(15-4-8-17(22)9-5-15)21(23-13)16-6-10-18(26-3)11-7-16/h4-12H,1-3H3. The second kappa shape index (κ2) is 7.70. The van der Waals surface area contributed by atoms with Crippen molar-refractivity contribution in [3.63, 3.8) is 0 Å². The fourth-order valence-electron chi connectivity index (χ4n) is 2.66. The fraction of sp³-hybridized carbons (Fsp3) is 0.143. The third kappa shape index (κ3) is 3.94. The summed E-state index contributed by atoms with van der Waals surface area (Å²) in [5.41, 5.74) is 3.91. The van der Waals surface area contributed by atoms with E-state index in [-0.39, 0.29) is 5.82 Å². The molecule has 0 fully saturated rings. The van der Waals surface area contributed by atoms with Crippen molar-refractivity contribution in [3.8, 4) is 28.1 Å². The smallest absolute Gasteiger partial charge is 0.308 e. The molecule has 0 saturated heterocycles. The van der Waals surface area contributed by atoms with E-state index in [2.05, 4.69) is 4.98 Å². The number of hydrogen-bond acceptors (Lipinski definition) is 4. The monoisotopic (exact) mass is 367 g/mol. The van der Waals surface area contributed by atoms with Gasteiger partial charge in [0, 0.05) is 22.9 Å². The number of pyridine rings is 1. The van der Waals surface area contributed by atoms with Gasteiger partial charge in [0.25, 0.3) is 0 Å². The summed E-state index contributed by atoms with van der Waals surface area (Å²) in [5, 5.41) is 0. The first-order valence-electron chi connectivity index (χ1n) is 8.08. The molecule has 0 amide bonds. The lowest BCUT2D eigenvalue weighted by Crippen LogP contribution is -2.05. The summed E-state index contributed by atoms with van der Waals surface area (Å²) in [6, 6.07) is 16.1. The fourth-order valence-corrected chi connectivity index (χ4v) is 3.07. The zero-order chi connectivity index (χ0) is 18.7. The molecule has 1 aromatic heterocycles. The number of benzene rings is 2. The van der Waals surface area contributed by atoms with E-state index < -0.39 is 5.97 Å². The minimum Gasteiger partial charge on any atom is -0.425 e. The van der Waals surface area contributed by atoms with Crippen LogP contribution in [0.2, 0.25) is 0 Å². The van der Waals surface area contributed by atoms with Crippen molar-refractivity contribution in [2.24, 2.45) is 0 Å². The van der Waals surface area contributed by atoms with E-state index in [1.807, 2.05) is 30.5 Å². The molecule has 0 N–H and O–H groups in total. The normalized spacial score (nSPS) is 10.6. The van der Waals surface area contributed by atoms with Gasteiger partial charge in [0.1, 0.15) is 5.82 Å². The van der Waals surface area contributed by atoms with Crippen LogP contribution >= 0.6 is 11.8 Å². The Hall–Kier alpha value is -2.66. The lowest BCUT2D eigenvalue weighted by molar-refractivity contribution is -0.131. The Bertz CT molecular complexity index is 937. The summed E-state index contributed by atoms with van der Waals surface area (Å²) >= 11 is 1.67.